The van der Waals surface area contributed by atoms with Crippen LogP contribution in [0.4, 0.5) is 0 Å². The van der Waals surface area contributed by atoms with E-state index >= 15 is 0 Å². The summed E-state index contributed by atoms with van der Waals surface area (Å²) in [5, 5.41) is 4.65. The molecule has 1 saturated heterocycles. The number of nitrogens with one attached hydrogen (secondary N) is 1. The standard InChI is InChI=1S/C19H22N4/c1-22-11-7-18-17(6-8-21-19(18)22)16-5-3-2-4-15(16)14-23-12-9-20-10-13-23/h2-8,11,20H,9-10,12-14H2,1H3. The Hall–Kier alpha value is -2.17. The minimum absolute atomic E-state index is 1.01. The van der Waals surface area contributed by atoms with E-state index in [9.17, 15) is 0 Å². The van der Waals surface area contributed by atoms with Crippen molar-refractivity contribution in [3.8, 4) is 11.1 Å². The third kappa shape index (κ3) is 2.76. The highest BCUT2D eigenvalue weighted by atomic mass is 15.2. The van der Waals surface area contributed by atoms with E-state index in [1.54, 1.807) is 0 Å². The summed E-state index contributed by atoms with van der Waals surface area (Å²) in [6.45, 7) is 5.41. The van der Waals surface area contributed by atoms with Gasteiger partial charge >= 0.3 is 0 Å². The Morgan fingerprint density at radius 1 is 1.04 bits per heavy atom. The van der Waals surface area contributed by atoms with E-state index in [1.165, 1.54) is 22.1 Å². The van der Waals surface area contributed by atoms with E-state index in [-0.39, 0.29) is 0 Å². The van der Waals surface area contributed by atoms with Crippen LogP contribution in [0.5, 0.6) is 0 Å². The molecule has 1 aliphatic heterocycles. The first-order chi connectivity index (χ1) is 11.3. The third-order valence-electron chi connectivity index (χ3n) is 4.68. The van der Waals surface area contributed by atoms with E-state index in [0.717, 1.165) is 38.4 Å². The summed E-state index contributed by atoms with van der Waals surface area (Å²) >= 11 is 0. The minimum Gasteiger partial charge on any atom is -0.336 e. The van der Waals surface area contributed by atoms with Crippen LogP contribution in [-0.2, 0) is 13.6 Å². The molecule has 0 amide bonds. The number of aryl methyl sites for hydroxylation is 1. The maximum atomic E-state index is 4.52. The van der Waals surface area contributed by atoms with Gasteiger partial charge in [0.05, 0.1) is 0 Å². The average molecular weight is 306 g/mol. The molecule has 0 atom stereocenters. The van der Waals surface area contributed by atoms with Gasteiger partial charge in [0.1, 0.15) is 5.65 Å². The van der Waals surface area contributed by atoms with E-state index in [4.69, 9.17) is 0 Å². The fourth-order valence-electron chi connectivity index (χ4n) is 3.43. The molecule has 23 heavy (non-hydrogen) atoms. The van der Waals surface area contributed by atoms with Crippen LogP contribution in [0.2, 0.25) is 0 Å². The highest BCUT2D eigenvalue weighted by molar-refractivity contribution is 5.94. The van der Waals surface area contributed by atoms with Crippen molar-refractivity contribution in [2.24, 2.45) is 7.05 Å². The Bertz CT molecular complexity index is 815. The second-order valence-corrected chi connectivity index (χ2v) is 6.21. The van der Waals surface area contributed by atoms with Gasteiger partial charge in [-0.05, 0) is 28.8 Å². The number of nitrogens with zero attached hydrogens (tertiary/aromatic N) is 3. The lowest BCUT2D eigenvalue weighted by Crippen LogP contribution is -2.42. The Morgan fingerprint density at radius 2 is 1.87 bits per heavy atom. The van der Waals surface area contributed by atoms with Crippen LogP contribution in [0.15, 0.2) is 48.8 Å². The number of hydrogen-bond donors (Lipinski definition) is 1. The Labute approximate surface area is 136 Å². The number of aromatic nitrogens is 2. The molecule has 1 aliphatic rings. The predicted molar refractivity (Wildman–Crippen MR) is 94.3 cm³/mol. The number of fused-ring (bicyclic) bond motifs is 1. The third-order valence-corrected chi connectivity index (χ3v) is 4.68. The normalized spacial score (nSPS) is 16.0. The molecule has 118 valence electrons. The molecular formula is C19H22N4. The van der Waals surface area contributed by atoms with E-state index < -0.39 is 0 Å². The van der Waals surface area contributed by atoms with Gasteiger partial charge in [-0.25, -0.2) is 4.98 Å². The highest BCUT2D eigenvalue weighted by Gasteiger charge is 2.14. The van der Waals surface area contributed by atoms with Crippen molar-refractivity contribution in [2.45, 2.75) is 6.54 Å². The van der Waals surface area contributed by atoms with E-state index in [0.29, 0.717) is 0 Å². The average Bonchev–Trinajstić information content (AvgIpc) is 2.98. The predicted octanol–water partition coefficient (Wildman–Crippen LogP) is 2.65. The first-order valence-electron chi connectivity index (χ1n) is 8.24. The van der Waals surface area contributed by atoms with Crippen LogP contribution in [-0.4, -0.2) is 40.6 Å². The van der Waals surface area contributed by atoms with Gasteiger partial charge in [0.25, 0.3) is 0 Å². The van der Waals surface area contributed by atoms with Crippen molar-refractivity contribution in [2.75, 3.05) is 26.2 Å². The molecular weight excluding hydrogens is 284 g/mol. The fraction of sp³-hybridized carbons (Fsp3) is 0.316. The van der Waals surface area contributed by atoms with Crippen LogP contribution in [0.25, 0.3) is 22.2 Å². The molecule has 0 unspecified atom stereocenters. The van der Waals surface area contributed by atoms with Gasteiger partial charge < -0.3 is 9.88 Å². The van der Waals surface area contributed by atoms with Gasteiger partial charge in [0.15, 0.2) is 0 Å². The minimum atomic E-state index is 1.01. The van der Waals surface area contributed by atoms with Crippen LogP contribution in [0, 0.1) is 0 Å². The largest absolute Gasteiger partial charge is 0.336 e. The second-order valence-electron chi connectivity index (χ2n) is 6.21. The van der Waals surface area contributed by atoms with Crippen molar-refractivity contribution in [1.82, 2.24) is 19.8 Å². The zero-order chi connectivity index (χ0) is 15.6. The number of pyridine rings is 1. The summed E-state index contributed by atoms with van der Waals surface area (Å²) in [6.07, 6.45) is 4.00. The first kappa shape index (κ1) is 14.4. The van der Waals surface area contributed by atoms with Crippen molar-refractivity contribution in [1.29, 1.82) is 0 Å². The molecule has 3 aromatic rings. The second kappa shape index (κ2) is 6.14. The quantitative estimate of drug-likeness (QED) is 0.807. The van der Waals surface area contributed by atoms with Gasteiger partial charge in [-0.2, -0.15) is 0 Å². The molecule has 0 saturated carbocycles. The van der Waals surface area contributed by atoms with Crippen LogP contribution < -0.4 is 5.32 Å². The zero-order valence-electron chi connectivity index (χ0n) is 13.5. The zero-order valence-corrected chi connectivity index (χ0v) is 13.5. The summed E-state index contributed by atoms with van der Waals surface area (Å²) in [4.78, 5) is 7.04. The molecule has 1 aromatic carbocycles. The van der Waals surface area contributed by atoms with E-state index in [2.05, 4.69) is 62.4 Å². The molecule has 4 heteroatoms. The smallest absolute Gasteiger partial charge is 0.140 e. The Balaban J connectivity index is 1.76. The highest BCUT2D eigenvalue weighted by Crippen LogP contribution is 2.31. The van der Waals surface area contributed by atoms with Gasteiger partial charge in [-0.15, -0.1) is 0 Å². The van der Waals surface area contributed by atoms with Crippen molar-refractivity contribution in [3.05, 3.63) is 54.4 Å². The molecule has 3 heterocycles. The molecule has 2 aromatic heterocycles. The molecule has 1 N–H and O–H groups in total. The van der Waals surface area contributed by atoms with Crippen LogP contribution >= 0.6 is 0 Å². The molecule has 0 spiro atoms. The first-order valence-corrected chi connectivity index (χ1v) is 8.24. The SMILES string of the molecule is Cn1ccc2c(-c3ccccc3CN3CCNCC3)ccnc21. The van der Waals surface area contributed by atoms with Crippen LogP contribution in [0.1, 0.15) is 5.56 Å². The molecule has 0 bridgehead atoms. The summed E-state index contributed by atoms with van der Waals surface area (Å²) in [7, 11) is 2.05. The summed E-state index contributed by atoms with van der Waals surface area (Å²) in [5.74, 6) is 0. The number of hydrogen-bond acceptors (Lipinski definition) is 3. The lowest BCUT2D eigenvalue weighted by Gasteiger charge is -2.28. The Morgan fingerprint density at radius 3 is 2.74 bits per heavy atom. The summed E-state index contributed by atoms with van der Waals surface area (Å²) < 4.78 is 2.08. The molecule has 0 aliphatic carbocycles. The maximum Gasteiger partial charge on any atom is 0.140 e. The topological polar surface area (TPSA) is 33.1 Å². The molecule has 4 rings (SSSR count). The van der Waals surface area contributed by atoms with Crippen LogP contribution in [0.3, 0.4) is 0 Å². The summed E-state index contributed by atoms with van der Waals surface area (Å²) in [5.41, 5.74) is 5.04. The lowest BCUT2D eigenvalue weighted by molar-refractivity contribution is 0.233. The summed E-state index contributed by atoms with van der Waals surface area (Å²) in [6, 6.07) is 13.1. The number of benzene rings is 1. The van der Waals surface area contributed by atoms with E-state index in [1.807, 2.05) is 13.2 Å². The number of piperazine rings is 1. The molecule has 1 fully saturated rings. The van der Waals surface area contributed by atoms with Crippen molar-refractivity contribution >= 4 is 11.0 Å². The van der Waals surface area contributed by atoms with Gasteiger partial charge in [0.2, 0.25) is 0 Å². The molecule has 4 nitrogen and oxygen atoms in total. The van der Waals surface area contributed by atoms with Crippen molar-refractivity contribution < 1.29 is 0 Å². The van der Waals surface area contributed by atoms with Gasteiger partial charge in [-0.1, -0.05) is 24.3 Å². The molecule has 0 radical (unpaired) electrons. The fourth-order valence-corrected chi connectivity index (χ4v) is 3.43. The number of rotatable bonds is 3. The monoisotopic (exact) mass is 306 g/mol. The lowest BCUT2D eigenvalue weighted by atomic mass is 9.98. The maximum absolute atomic E-state index is 4.52. The van der Waals surface area contributed by atoms with Gasteiger partial charge in [0, 0.05) is 57.6 Å². The van der Waals surface area contributed by atoms with Gasteiger partial charge in [-0.3, -0.25) is 4.90 Å². The Kier molecular flexibility index (Phi) is 3.85. The van der Waals surface area contributed by atoms with Crippen molar-refractivity contribution in [3.63, 3.8) is 0 Å².